The zero-order valence-corrected chi connectivity index (χ0v) is 10.8. The van der Waals surface area contributed by atoms with Crippen LogP contribution in [0.2, 0.25) is 0 Å². The highest BCUT2D eigenvalue weighted by Gasteiger charge is 2.06. The van der Waals surface area contributed by atoms with E-state index in [9.17, 15) is 9.59 Å². The van der Waals surface area contributed by atoms with E-state index in [1.165, 1.54) is 4.57 Å². The number of hydrogen-bond donors (Lipinski definition) is 1. The van der Waals surface area contributed by atoms with Crippen LogP contribution in [0.15, 0.2) is 34.0 Å². The summed E-state index contributed by atoms with van der Waals surface area (Å²) in [6, 6.07) is 6.03. The fourth-order valence-electron chi connectivity index (χ4n) is 2.00. The van der Waals surface area contributed by atoms with Gasteiger partial charge < -0.3 is 0 Å². The van der Waals surface area contributed by atoms with Crippen LogP contribution >= 0.6 is 0 Å². The van der Waals surface area contributed by atoms with Crippen LogP contribution in [-0.2, 0) is 6.54 Å². The molecule has 1 aromatic heterocycles. The molecule has 0 aliphatic heterocycles. The van der Waals surface area contributed by atoms with E-state index < -0.39 is 0 Å². The largest absolute Gasteiger partial charge is 0.328 e. The Labute approximate surface area is 105 Å². The maximum Gasteiger partial charge on any atom is 0.328 e. The highest BCUT2D eigenvalue weighted by molar-refractivity contribution is 5.33. The summed E-state index contributed by atoms with van der Waals surface area (Å²) in [6.07, 6.45) is 1.60. The van der Waals surface area contributed by atoms with E-state index >= 15 is 0 Å². The summed E-state index contributed by atoms with van der Waals surface area (Å²) in [6.45, 7) is 6.21. The molecule has 0 amide bonds. The first kappa shape index (κ1) is 12.4. The van der Waals surface area contributed by atoms with Gasteiger partial charge in [0.1, 0.15) is 0 Å². The van der Waals surface area contributed by atoms with Gasteiger partial charge in [-0.3, -0.25) is 14.3 Å². The van der Waals surface area contributed by atoms with Gasteiger partial charge in [-0.1, -0.05) is 18.2 Å². The van der Waals surface area contributed by atoms with E-state index in [-0.39, 0.29) is 11.2 Å². The second kappa shape index (κ2) is 4.64. The molecule has 94 valence electrons. The SMILES string of the molecule is Cc1cccc(C)c1Cn1cc(C)c(=O)[nH]c1=O. The Hall–Kier alpha value is -2.10. The van der Waals surface area contributed by atoms with Crippen molar-refractivity contribution in [2.45, 2.75) is 27.3 Å². The number of H-pyrrole nitrogens is 1. The van der Waals surface area contributed by atoms with Crippen molar-refractivity contribution < 1.29 is 0 Å². The molecule has 1 aromatic carbocycles. The van der Waals surface area contributed by atoms with Crippen LogP contribution in [0.1, 0.15) is 22.3 Å². The van der Waals surface area contributed by atoms with Gasteiger partial charge in [0, 0.05) is 11.8 Å². The van der Waals surface area contributed by atoms with Crippen molar-refractivity contribution in [3.05, 3.63) is 67.5 Å². The molecule has 2 aromatic rings. The number of hydrogen-bond acceptors (Lipinski definition) is 2. The Bertz CT molecular complexity index is 675. The summed E-state index contributed by atoms with van der Waals surface area (Å²) in [5, 5.41) is 0. The third-order valence-electron chi connectivity index (χ3n) is 3.16. The molecule has 0 bridgehead atoms. The fraction of sp³-hybridized carbons (Fsp3) is 0.286. The van der Waals surface area contributed by atoms with Crippen molar-refractivity contribution in [2.75, 3.05) is 0 Å². The van der Waals surface area contributed by atoms with Gasteiger partial charge in [-0.2, -0.15) is 0 Å². The fourth-order valence-corrected chi connectivity index (χ4v) is 2.00. The minimum Gasteiger partial charge on any atom is -0.296 e. The van der Waals surface area contributed by atoms with Crippen LogP contribution in [0.4, 0.5) is 0 Å². The van der Waals surface area contributed by atoms with E-state index in [1.54, 1.807) is 13.1 Å². The van der Waals surface area contributed by atoms with Crippen LogP contribution in [0.25, 0.3) is 0 Å². The monoisotopic (exact) mass is 244 g/mol. The molecule has 0 atom stereocenters. The van der Waals surface area contributed by atoms with Crippen LogP contribution < -0.4 is 11.2 Å². The zero-order chi connectivity index (χ0) is 13.3. The van der Waals surface area contributed by atoms with Gasteiger partial charge in [0.25, 0.3) is 5.56 Å². The van der Waals surface area contributed by atoms with Crippen LogP contribution in [0.3, 0.4) is 0 Å². The average Bonchev–Trinajstić information content (AvgIpc) is 2.30. The lowest BCUT2D eigenvalue weighted by Crippen LogP contribution is -2.31. The van der Waals surface area contributed by atoms with E-state index in [2.05, 4.69) is 4.98 Å². The molecule has 4 heteroatoms. The number of aromatic amines is 1. The lowest BCUT2D eigenvalue weighted by Gasteiger charge is -2.11. The summed E-state index contributed by atoms with van der Waals surface area (Å²) in [5.41, 5.74) is 3.26. The van der Waals surface area contributed by atoms with E-state index in [4.69, 9.17) is 0 Å². The summed E-state index contributed by atoms with van der Waals surface area (Å²) in [7, 11) is 0. The second-order valence-electron chi connectivity index (χ2n) is 4.57. The number of benzene rings is 1. The van der Waals surface area contributed by atoms with Gasteiger partial charge in [0.15, 0.2) is 0 Å². The molecule has 0 aliphatic carbocycles. The molecule has 0 aliphatic rings. The second-order valence-corrected chi connectivity index (χ2v) is 4.57. The van der Waals surface area contributed by atoms with Crippen molar-refractivity contribution in [2.24, 2.45) is 0 Å². The third kappa shape index (κ3) is 2.27. The topological polar surface area (TPSA) is 54.9 Å². The molecule has 0 spiro atoms. The predicted molar refractivity (Wildman–Crippen MR) is 71.1 cm³/mol. The quantitative estimate of drug-likeness (QED) is 0.870. The highest BCUT2D eigenvalue weighted by atomic mass is 16.2. The normalized spacial score (nSPS) is 10.6. The summed E-state index contributed by atoms with van der Waals surface area (Å²) >= 11 is 0. The summed E-state index contributed by atoms with van der Waals surface area (Å²) in [4.78, 5) is 25.4. The van der Waals surface area contributed by atoms with Gasteiger partial charge in [-0.05, 0) is 37.5 Å². The first-order chi connectivity index (χ1) is 8.49. The van der Waals surface area contributed by atoms with E-state index in [0.29, 0.717) is 12.1 Å². The number of rotatable bonds is 2. The highest BCUT2D eigenvalue weighted by Crippen LogP contribution is 2.13. The first-order valence-corrected chi connectivity index (χ1v) is 5.84. The number of aryl methyl sites for hydroxylation is 3. The van der Waals surface area contributed by atoms with E-state index in [1.807, 2.05) is 32.0 Å². The standard InChI is InChI=1S/C14H16N2O2/c1-9-5-4-6-10(2)12(9)8-16-7-11(3)13(17)15-14(16)18/h4-7H,8H2,1-3H3,(H,15,17,18). The van der Waals surface area contributed by atoms with Crippen LogP contribution in [0.5, 0.6) is 0 Å². The average molecular weight is 244 g/mol. The predicted octanol–water partition coefficient (Wildman–Crippen LogP) is 1.51. The van der Waals surface area contributed by atoms with Crippen molar-refractivity contribution in [3.8, 4) is 0 Å². The van der Waals surface area contributed by atoms with Crippen molar-refractivity contribution >= 4 is 0 Å². The molecule has 0 saturated heterocycles. The molecule has 1 heterocycles. The van der Waals surface area contributed by atoms with Gasteiger partial charge in [0.2, 0.25) is 0 Å². The molecule has 0 radical (unpaired) electrons. The van der Waals surface area contributed by atoms with Gasteiger partial charge in [-0.25, -0.2) is 4.79 Å². The minimum atomic E-state index is -0.367. The molecule has 1 N–H and O–H groups in total. The Morgan fingerprint density at radius 3 is 2.28 bits per heavy atom. The Morgan fingerprint density at radius 1 is 1.06 bits per heavy atom. The van der Waals surface area contributed by atoms with Crippen LogP contribution in [0, 0.1) is 20.8 Å². The van der Waals surface area contributed by atoms with E-state index in [0.717, 1.165) is 16.7 Å². The zero-order valence-electron chi connectivity index (χ0n) is 10.8. The Kier molecular flexibility index (Phi) is 3.19. The third-order valence-corrected chi connectivity index (χ3v) is 3.16. The smallest absolute Gasteiger partial charge is 0.296 e. The molecule has 4 nitrogen and oxygen atoms in total. The van der Waals surface area contributed by atoms with Crippen LogP contribution in [-0.4, -0.2) is 9.55 Å². The summed E-state index contributed by atoms with van der Waals surface area (Å²) < 4.78 is 1.53. The van der Waals surface area contributed by atoms with Gasteiger partial charge in [-0.15, -0.1) is 0 Å². The number of nitrogens with one attached hydrogen (secondary N) is 1. The molecule has 0 fully saturated rings. The Morgan fingerprint density at radius 2 is 1.67 bits per heavy atom. The summed E-state index contributed by atoms with van der Waals surface area (Å²) in [5.74, 6) is 0. The molecular formula is C14H16N2O2. The minimum absolute atomic E-state index is 0.322. The number of aromatic nitrogens is 2. The molecule has 0 unspecified atom stereocenters. The van der Waals surface area contributed by atoms with Gasteiger partial charge in [0.05, 0.1) is 6.54 Å². The number of nitrogens with zero attached hydrogens (tertiary/aromatic N) is 1. The Balaban J connectivity index is 2.50. The maximum atomic E-state index is 11.7. The lowest BCUT2D eigenvalue weighted by atomic mass is 10.0. The molecule has 2 rings (SSSR count). The first-order valence-electron chi connectivity index (χ1n) is 5.84. The maximum absolute atomic E-state index is 11.7. The van der Waals surface area contributed by atoms with Crippen molar-refractivity contribution in [1.82, 2.24) is 9.55 Å². The molecule has 0 saturated carbocycles. The molecule has 18 heavy (non-hydrogen) atoms. The molecular weight excluding hydrogens is 228 g/mol. The van der Waals surface area contributed by atoms with Crippen molar-refractivity contribution in [1.29, 1.82) is 0 Å². The van der Waals surface area contributed by atoms with Gasteiger partial charge >= 0.3 is 5.69 Å². The van der Waals surface area contributed by atoms with Crippen molar-refractivity contribution in [3.63, 3.8) is 0 Å². The lowest BCUT2D eigenvalue weighted by molar-refractivity contribution is 0.707.